The van der Waals surface area contributed by atoms with Crippen molar-refractivity contribution in [2.24, 2.45) is 17.8 Å². The first kappa shape index (κ1) is 12.0. The van der Waals surface area contributed by atoms with Gasteiger partial charge in [0.15, 0.2) is 0 Å². The first-order chi connectivity index (χ1) is 6.69. The van der Waals surface area contributed by atoms with Gasteiger partial charge in [-0.1, -0.05) is 33.6 Å². The molecule has 1 heteroatoms. The molecule has 4 unspecified atom stereocenters. The predicted molar refractivity (Wildman–Crippen MR) is 63.4 cm³/mol. The highest BCUT2D eigenvalue weighted by Crippen LogP contribution is 2.35. The van der Waals surface area contributed by atoms with Crippen LogP contribution in [0, 0.1) is 17.8 Å². The van der Waals surface area contributed by atoms with Crippen molar-refractivity contribution in [2.45, 2.75) is 58.9 Å². The van der Waals surface area contributed by atoms with E-state index in [2.05, 4.69) is 33.1 Å². The Hall–Kier alpha value is -0.0400. The lowest BCUT2D eigenvalue weighted by molar-refractivity contribution is 0.169. The van der Waals surface area contributed by atoms with E-state index in [1.165, 1.54) is 32.1 Å². The van der Waals surface area contributed by atoms with Crippen LogP contribution in [0.5, 0.6) is 0 Å². The monoisotopic (exact) mass is 197 g/mol. The maximum absolute atomic E-state index is 3.51. The van der Waals surface area contributed by atoms with Crippen LogP contribution < -0.4 is 5.32 Å². The van der Waals surface area contributed by atoms with E-state index in [4.69, 9.17) is 0 Å². The summed E-state index contributed by atoms with van der Waals surface area (Å²) in [6.07, 6.45) is 6.98. The fraction of sp³-hybridized carbons (Fsp3) is 1.00. The average Bonchev–Trinajstić information content (AvgIpc) is 2.19. The van der Waals surface area contributed by atoms with Crippen LogP contribution in [0.15, 0.2) is 0 Å². The summed E-state index contributed by atoms with van der Waals surface area (Å²) < 4.78 is 0. The van der Waals surface area contributed by atoms with Crippen molar-refractivity contribution in [3.05, 3.63) is 0 Å². The molecule has 0 radical (unpaired) electrons. The number of nitrogens with one attached hydrogen (secondary N) is 1. The molecule has 1 rings (SSSR count). The molecular formula is C13H27N. The molecule has 0 heterocycles. The standard InChI is InChI=1S/C13H27N/c1-5-6-13(14-4)12-8-7-10(2)11(3)9-12/h10-14H,5-9H2,1-4H3. The molecule has 0 amide bonds. The predicted octanol–water partition coefficient (Wildman–Crippen LogP) is 3.45. The molecule has 0 aromatic carbocycles. The Morgan fingerprint density at radius 2 is 1.93 bits per heavy atom. The molecule has 0 aromatic rings. The Morgan fingerprint density at radius 1 is 1.21 bits per heavy atom. The minimum atomic E-state index is 0.773. The number of hydrogen-bond acceptors (Lipinski definition) is 1. The van der Waals surface area contributed by atoms with Gasteiger partial charge in [-0.25, -0.2) is 0 Å². The maximum atomic E-state index is 3.51. The lowest BCUT2D eigenvalue weighted by Crippen LogP contribution is -2.37. The molecule has 1 nitrogen and oxygen atoms in total. The van der Waals surface area contributed by atoms with Crippen LogP contribution in [0.3, 0.4) is 0 Å². The summed E-state index contributed by atoms with van der Waals surface area (Å²) in [6.45, 7) is 7.13. The van der Waals surface area contributed by atoms with Crippen LogP contribution >= 0.6 is 0 Å². The number of hydrogen-bond donors (Lipinski definition) is 1. The van der Waals surface area contributed by atoms with Gasteiger partial charge in [-0.05, 0) is 44.1 Å². The maximum Gasteiger partial charge on any atom is 0.00923 e. The Morgan fingerprint density at radius 3 is 2.43 bits per heavy atom. The van der Waals surface area contributed by atoms with E-state index in [1.54, 1.807) is 0 Å². The lowest BCUT2D eigenvalue weighted by atomic mass is 9.72. The Balaban J connectivity index is 2.43. The Bertz CT molecular complexity index is 155. The summed E-state index contributed by atoms with van der Waals surface area (Å²) in [6, 6.07) is 0.773. The van der Waals surface area contributed by atoms with Crippen LogP contribution in [0.2, 0.25) is 0 Å². The minimum Gasteiger partial charge on any atom is -0.317 e. The molecule has 1 aliphatic carbocycles. The van der Waals surface area contributed by atoms with E-state index in [0.717, 1.165) is 23.8 Å². The van der Waals surface area contributed by atoms with E-state index < -0.39 is 0 Å². The quantitative estimate of drug-likeness (QED) is 0.728. The van der Waals surface area contributed by atoms with Crippen LogP contribution in [0.1, 0.15) is 52.9 Å². The zero-order valence-corrected chi connectivity index (χ0v) is 10.3. The molecule has 0 spiro atoms. The van der Waals surface area contributed by atoms with Gasteiger partial charge in [-0.15, -0.1) is 0 Å². The molecule has 1 saturated carbocycles. The zero-order valence-electron chi connectivity index (χ0n) is 10.3. The van der Waals surface area contributed by atoms with E-state index in [0.29, 0.717) is 0 Å². The zero-order chi connectivity index (χ0) is 10.6. The largest absolute Gasteiger partial charge is 0.317 e. The third-order valence-corrected chi connectivity index (χ3v) is 4.18. The van der Waals surface area contributed by atoms with Crippen molar-refractivity contribution < 1.29 is 0 Å². The minimum absolute atomic E-state index is 0.773. The van der Waals surface area contributed by atoms with E-state index in [1.807, 2.05) is 0 Å². The molecule has 4 atom stereocenters. The summed E-state index contributed by atoms with van der Waals surface area (Å²) in [5.74, 6) is 2.82. The molecule has 84 valence electrons. The molecule has 1 aliphatic rings. The van der Waals surface area contributed by atoms with Crippen molar-refractivity contribution in [2.75, 3.05) is 7.05 Å². The highest BCUT2D eigenvalue weighted by atomic mass is 14.9. The van der Waals surface area contributed by atoms with Crippen molar-refractivity contribution in [3.8, 4) is 0 Å². The van der Waals surface area contributed by atoms with Crippen LogP contribution in [0.4, 0.5) is 0 Å². The molecule has 14 heavy (non-hydrogen) atoms. The molecule has 1 fully saturated rings. The van der Waals surface area contributed by atoms with Crippen molar-refractivity contribution in [1.82, 2.24) is 5.32 Å². The van der Waals surface area contributed by atoms with Crippen LogP contribution in [0.25, 0.3) is 0 Å². The molecule has 1 N–H and O–H groups in total. The van der Waals surface area contributed by atoms with Gasteiger partial charge in [0.2, 0.25) is 0 Å². The average molecular weight is 197 g/mol. The second-order valence-electron chi connectivity index (χ2n) is 5.21. The van der Waals surface area contributed by atoms with Crippen molar-refractivity contribution in [1.29, 1.82) is 0 Å². The Kier molecular flexibility index (Phi) is 4.94. The topological polar surface area (TPSA) is 12.0 Å². The molecule has 0 aliphatic heterocycles. The summed E-state index contributed by atoms with van der Waals surface area (Å²) >= 11 is 0. The third-order valence-electron chi connectivity index (χ3n) is 4.18. The lowest BCUT2D eigenvalue weighted by Gasteiger charge is -2.36. The molecular weight excluding hydrogens is 170 g/mol. The van der Waals surface area contributed by atoms with E-state index >= 15 is 0 Å². The van der Waals surface area contributed by atoms with Gasteiger partial charge in [-0.2, -0.15) is 0 Å². The molecule has 0 saturated heterocycles. The fourth-order valence-corrected chi connectivity index (χ4v) is 2.88. The highest BCUT2D eigenvalue weighted by Gasteiger charge is 2.28. The third kappa shape index (κ3) is 2.98. The summed E-state index contributed by atoms with van der Waals surface area (Å²) in [7, 11) is 2.13. The number of rotatable bonds is 4. The molecule has 0 aromatic heterocycles. The SMILES string of the molecule is CCCC(NC)C1CCC(C)C(C)C1. The van der Waals surface area contributed by atoms with Gasteiger partial charge >= 0.3 is 0 Å². The van der Waals surface area contributed by atoms with Gasteiger partial charge < -0.3 is 5.32 Å². The van der Waals surface area contributed by atoms with Crippen LogP contribution in [-0.2, 0) is 0 Å². The van der Waals surface area contributed by atoms with Gasteiger partial charge in [0.25, 0.3) is 0 Å². The normalized spacial score (nSPS) is 35.6. The van der Waals surface area contributed by atoms with Gasteiger partial charge in [0.05, 0.1) is 0 Å². The smallest absolute Gasteiger partial charge is 0.00923 e. The highest BCUT2D eigenvalue weighted by molar-refractivity contribution is 4.82. The first-order valence-corrected chi connectivity index (χ1v) is 6.36. The first-order valence-electron chi connectivity index (χ1n) is 6.36. The summed E-state index contributed by atoms with van der Waals surface area (Å²) in [4.78, 5) is 0. The van der Waals surface area contributed by atoms with Crippen molar-refractivity contribution >= 4 is 0 Å². The van der Waals surface area contributed by atoms with Crippen LogP contribution in [-0.4, -0.2) is 13.1 Å². The second-order valence-corrected chi connectivity index (χ2v) is 5.21. The summed E-state index contributed by atoms with van der Waals surface area (Å²) in [5.41, 5.74) is 0. The fourth-order valence-electron chi connectivity index (χ4n) is 2.88. The van der Waals surface area contributed by atoms with Gasteiger partial charge in [0.1, 0.15) is 0 Å². The van der Waals surface area contributed by atoms with E-state index in [-0.39, 0.29) is 0 Å². The Labute approximate surface area is 89.7 Å². The second kappa shape index (κ2) is 5.75. The van der Waals surface area contributed by atoms with E-state index in [9.17, 15) is 0 Å². The van der Waals surface area contributed by atoms with Gasteiger partial charge in [-0.3, -0.25) is 0 Å². The van der Waals surface area contributed by atoms with Gasteiger partial charge in [0, 0.05) is 6.04 Å². The van der Waals surface area contributed by atoms with Crippen molar-refractivity contribution in [3.63, 3.8) is 0 Å². The summed E-state index contributed by atoms with van der Waals surface area (Å²) in [5, 5.41) is 3.51. The molecule has 0 bridgehead atoms.